The fourth-order valence-corrected chi connectivity index (χ4v) is 3.88. The van der Waals surface area contributed by atoms with Gasteiger partial charge in [-0.2, -0.15) is 10.1 Å². The molecule has 0 spiro atoms. The predicted octanol–water partition coefficient (Wildman–Crippen LogP) is 5.33. The minimum atomic E-state index is -0.582. The number of carbonyl (C=O) groups excluding carboxylic acids is 1. The van der Waals surface area contributed by atoms with E-state index in [1.54, 1.807) is 0 Å². The summed E-state index contributed by atoms with van der Waals surface area (Å²) in [7, 11) is 0. The van der Waals surface area contributed by atoms with Crippen LogP contribution in [-0.2, 0) is 4.79 Å². The van der Waals surface area contributed by atoms with Crippen molar-refractivity contribution in [2.24, 2.45) is 5.10 Å². The molecule has 1 heterocycles. The molecule has 0 aliphatic rings. The van der Waals surface area contributed by atoms with E-state index < -0.39 is 21.6 Å². The molecule has 0 radical (unpaired) electrons. The maximum atomic E-state index is 13.6. The molecule has 0 N–H and O–H groups in total. The van der Waals surface area contributed by atoms with E-state index in [9.17, 15) is 29.4 Å². The maximum Gasteiger partial charge on any atom is 0.273 e. The van der Waals surface area contributed by atoms with Gasteiger partial charge in [0.15, 0.2) is 0 Å². The molecule has 0 fully saturated rings. The number of hydrogen-bond donors (Lipinski definition) is 0. The number of hydrazone groups is 1. The molecule has 174 valence electrons. The number of rotatable bonds is 7. The van der Waals surface area contributed by atoms with Crippen molar-refractivity contribution in [3.63, 3.8) is 0 Å². The van der Waals surface area contributed by atoms with Crippen LogP contribution in [0, 0.1) is 26.0 Å². The Morgan fingerprint density at radius 1 is 0.943 bits per heavy atom. The molecule has 0 atom stereocenters. The van der Waals surface area contributed by atoms with Crippen LogP contribution in [-0.4, -0.2) is 27.0 Å². The van der Waals surface area contributed by atoms with Crippen molar-refractivity contribution in [3.8, 4) is 0 Å². The summed E-state index contributed by atoms with van der Waals surface area (Å²) in [6.45, 7) is 0. The lowest BCUT2D eigenvalue weighted by molar-refractivity contribution is -0.385. The van der Waals surface area contributed by atoms with Gasteiger partial charge in [0.1, 0.15) is 5.82 Å². The second-order valence-corrected chi connectivity index (χ2v) is 8.04. The van der Waals surface area contributed by atoms with Crippen LogP contribution >= 0.6 is 11.3 Å². The van der Waals surface area contributed by atoms with Gasteiger partial charge < -0.3 is 0 Å². The predicted molar refractivity (Wildman–Crippen MR) is 130 cm³/mol. The molecule has 4 aromatic rings. The first-order chi connectivity index (χ1) is 16.8. The van der Waals surface area contributed by atoms with E-state index in [0.717, 1.165) is 16.3 Å². The number of nitro benzene ring substituents is 2. The van der Waals surface area contributed by atoms with Crippen molar-refractivity contribution in [1.82, 2.24) is 4.98 Å². The number of carbonyl (C=O) groups is 1. The molecule has 0 aliphatic carbocycles. The van der Waals surface area contributed by atoms with Crippen LogP contribution in [0.5, 0.6) is 0 Å². The Morgan fingerprint density at radius 3 is 2.14 bits per heavy atom. The summed E-state index contributed by atoms with van der Waals surface area (Å²) >= 11 is 1.06. The quantitative estimate of drug-likeness (QED) is 0.148. The lowest BCUT2D eigenvalue weighted by Gasteiger charge is -2.11. The Morgan fingerprint density at radius 2 is 1.54 bits per heavy atom. The zero-order valence-corrected chi connectivity index (χ0v) is 18.5. The summed E-state index contributed by atoms with van der Waals surface area (Å²) < 4.78 is 14.1. The fraction of sp³-hybridized carbons (Fsp3) is 0. The molecule has 12 heteroatoms. The lowest BCUT2D eigenvalue weighted by Crippen LogP contribution is -2.23. The Bertz CT molecular complexity index is 1480. The smallest absolute Gasteiger partial charge is 0.267 e. The topological polar surface area (TPSA) is 132 Å². The number of nitro groups is 2. The van der Waals surface area contributed by atoms with Crippen molar-refractivity contribution >= 4 is 56.3 Å². The zero-order chi connectivity index (χ0) is 24.9. The van der Waals surface area contributed by atoms with Gasteiger partial charge in [-0.15, -0.1) is 0 Å². The van der Waals surface area contributed by atoms with Gasteiger partial charge in [-0.25, -0.2) is 9.37 Å². The second kappa shape index (κ2) is 9.97. The third-order valence-corrected chi connectivity index (χ3v) is 5.67. The molecule has 1 aromatic heterocycles. The molecule has 4 rings (SSSR count). The van der Waals surface area contributed by atoms with E-state index in [1.165, 1.54) is 85.1 Å². The van der Waals surface area contributed by atoms with Crippen LogP contribution in [0.15, 0.2) is 77.9 Å². The molecule has 0 unspecified atom stereocenters. The lowest BCUT2D eigenvalue weighted by atomic mass is 10.2. The number of halogens is 1. The van der Waals surface area contributed by atoms with Gasteiger partial charge >= 0.3 is 0 Å². The summed E-state index contributed by atoms with van der Waals surface area (Å²) in [5.41, 5.74) is 1.36. The monoisotopic (exact) mass is 491 g/mol. The van der Waals surface area contributed by atoms with Gasteiger partial charge in [0, 0.05) is 30.3 Å². The number of aromatic nitrogens is 1. The zero-order valence-electron chi connectivity index (χ0n) is 17.6. The average molecular weight is 491 g/mol. The molecule has 3 aromatic carbocycles. The van der Waals surface area contributed by atoms with Gasteiger partial charge in [0.25, 0.3) is 17.3 Å². The van der Waals surface area contributed by atoms with E-state index in [2.05, 4.69) is 10.1 Å². The van der Waals surface area contributed by atoms with Gasteiger partial charge in [-0.1, -0.05) is 11.3 Å². The number of hydrogen-bond acceptors (Lipinski definition) is 8. The molecule has 0 saturated carbocycles. The number of fused-ring (bicyclic) bond motifs is 1. The Hall–Kier alpha value is -4.84. The number of anilines is 1. The van der Waals surface area contributed by atoms with E-state index in [-0.39, 0.29) is 16.5 Å². The highest BCUT2D eigenvalue weighted by Gasteiger charge is 2.18. The third kappa shape index (κ3) is 5.57. The first-order valence-corrected chi connectivity index (χ1v) is 10.7. The van der Waals surface area contributed by atoms with Crippen molar-refractivity contribution in [3.05, 3.63) is 110 Å². The molecule has 10 nitrogen and oxygen atoms in total. The Balaban J connectivity index is 1.64. The van der Waals surface area contributed by atoms with Crippen molar-refractivity contribution in [2.45, 2.75) is 0 Å². The molecular formula is C23H14FN5O5S. The number of thiazole rings is 1. The van der Waals surface area contributed by atoms with Crippen molar-refractivity contribution in [2.75, 3.05) is 5.01 Å². The minimum absolute atomic E-state index is 0.0792. The van der Waals surface area contributed by atoms with Gasteiger partial charge in [0.05, 0.1) is 26.3 Å². The summed E-state index contributed by atoms with van der Waals surface area (Å²) in [6, 6.07) is 15.2. The summed E-state index contributed by atoms with van der Waals surface area (Å²) in [5, 5.41) is 27.1. The minimum Gasteiger partial charge on any atom is -0.267 e. The van der Waals surface area contributed by atoms with Crippen LogP contribution in [0.4, 0.5) is 20.9 Å². The van der Waals surface area contributed by atoms with Gasteiger partial charge in [0.2, 0.25) is 5.13 Å². The van der Waals surface area contributed by atoms with Gasteiger partial charge in [-0.05, 0) is 59.7 Å². The average Bonchev–Trinajstić information content (AvgIpc) is 3.26. The SMILES string of the molecule is O=C(/C=C/c1ccc([N+](=O)[O-])cc1)N(/N=C/c1ccc([N+](=O)[O-])cc1)c1nc2ccc(F)cc2s1. The Kier molecular flexibility index (Phi) is 6.64. The van der Waals surface area contributed by atoms with Crippen molar-refractivity contribution < 1.29 is 19.0 Å². The highest BCUT2D eigenvalue weighted by atomic mass is 32.1. The van der Waals surface area contributed by atoms with Crippen LogP contribution in [0.1, 0.15) is 11.1 Å². The third-order valence-electron chi connectivity index (χ3n) is 4.68. The van der Waals surface area contributed by atoms with Crippen LogP contribution in [0.25, 0.3) is 16.3 Å². The highest BCUT2D eigenvalue weighted by Crippen LogP contribution is 2.30. The van der Waals surface area contributed by atoms with Crippen LogP contribution in [0.3, 0.4) is 0 Å². The molecular weight excluding hydrogens is 477 g/mol. The molecule has 1 amide bonds. The standard InChI is InChI=1S/C23H14FN5O5S/c24-17-6-11-20-21(13-17)35-23(26-20)27(25-14-16-3-9-19(10-4-16)29(33)34)22(30)12-5-15-1-7-18(8-2-15)28(31)32/h1-14H/b12-5+,25-14+. The Labute approximate surface area is 200 Å². The van der Waals surface area contributed by atoms with Crippen LogP contribution in [0.2, 0.25) is 0 Å². The van der Waals surface area contributed by atoms with Crippen molar-refractivity contribution in [1.29, 1.82) is 0 Å². The van der Waals surface area contributed by atoms with E-state index in [0.29, 0.717) is 21.3 Å². The van der Waals surface area contributed by atoms with E-state index in [4.69, 9.17) is 0 Å². The number of non-ortho nitro benzene ring substituents is 2. The van der Waals surface area contributed by atoms with Gasteiger partial charge in [-0.3, -0.25) is 25.0 Å². The normalized spacial score (nSPS) is 11.3. The van der Waals surface area contributed by atoms with E-state index >= 15 is 0 Å². The second-order valence-electron chi connectivity index (χ2n) is 7.03. The first-order valence-electron chi connectivity index (χ1n) is 9.91. The van der Waals surface area contributed by atoms with E-state index in [1.807, 2.05) is 0 Å². The summed E-state index contributed by atoms with van der Waals surface area (Å²) in [6.07, 6.45) is 4.03. The number of nitrogens with zero attached hydrogens (tertiary/aromatic N) is 5. The summed E-state index contributed by atoms with van der Waals surface area (Å²) in [4.78, 5) is 38.0. The largest absolute Gasteiger partial charge is 0.273 e. The number of amides is 1. The first kappa shape index (κ1) is 23.3. The molecule has 0 saturated heterocycles. The molecule has 0 aliphatic heterocycles. The molecule has 35 heavy (non-hydrogen) atoms. The maximum absolute atomic E-state index is 13.6. The molecule has 0 bridgehead atoms. The summed E-state index contributed by atoms with van der Waals surface area (Å²) in [5.74, 6) is -1.03. The number of benzene rings is 3. The van der Waals surface area contributed by atoms with Crippen LogP contribution < -0.4 is 5.01 Å². The highest BCUT2D eigenvalue weighted by molar-refractivity contribution is 7.22. The fourth-order valence-electron chi connectivity index (χ4n) is 2.93.